The maximum absolute atomic E-state index is 11.5. The molecule has 1 unspecified atom stereocenters. The molecule has 1 atom stereocenters. The molecule has 1 aliphatic rings. The Bertz CT molecular complexity index is 449. The monoisotopic (exact) mass is 292 g/mol. The van der Waals surface area contributed by atoms with Gasteiger partial charge in [0.15, 0.2) is 0 Å². The number of aromatic nitrogens is 1. The van der Waals surface area contributed by atoms with Gasteiger partial charge in [-0.05, 0) is 31.5 Å². The summed E-state index contributed by atoms with van der Waals surface area (Å²) in [7, 11) is 0. The summed E-state index contributed by atoms with van der Waals surface area (Å²) >= 11 is 0. The van der Waals surface area contributed by atoms with Crippen molar-refractivity contribution in [3.05, 3.63) is 23.9 Å². The number of nitrogens with zero attached hydrogens (tertiary/aromatic N) is 2. The number of ether oxygens (including phenoxy) is 1. The highest BCUT2D eigenvalue weighted by atomic mass is 16.5. The number of pyridine rings is 1. The van der Waals surface area contributed by atoms with Crippen LogP contribution in [0.2, 0.25) is 0 Å². The summed E-state index contributed by atoms with van der Waals surface area (Å²) in [4.78, 5) is 18.2. The van der Waals surface area contributed by atoms with E-state index in [1.165, 1.54) is 0 Å². The normalized spacial score (nSPS) is 18.6. The fourth-order valence-electron chi connectivity index (χ4n) is 2.29. The lowest BCUT2D eigenvalue weighted by molar-refractivity contribution is -0.121. The van der Waals surface area contributed by atoms with E-state index >= 15 is 0 Å². The van der Waals surface area contributed by atoms with Gasteiger partial charge >= 0.3 is 0 Å². The molecule has 6 nitrogen and oxygen atoms in total. The lowest BCUT2D eigenvalue weighted by Crippen LogP contribution is -2.41. The highest BCUT2D eigenvalue weighted by molar-refractivity contribution is 5.75. The van der Waals surface area contributed by atoms with Gasteiger partial charge in [0.2, 0.25) is 5.91 Å². The standard InChI is InChI=1S/C15H24N4O2/c1-12-11-19(7-8-21-12)14-5-4-13(9-17-14)10-18-15(20)3-2-6-16/h4-5,9,12H,2-3,6-8,10-11,16H2,1H3,(H,18,20). The van der Waals surface area contributed by atoms with E-state index in [2.05, 4.69) is 22.1 Å². The van der Waals surface area contributed by atoms with Crippen LogP contribution in [0.5, 0.6) is 0 Å². The van der Waals surface area contributed by atoms with E-state index in [0.29, 0.717) is 19.5 Å². The van der Waals surface area contributed by atoms with Crippen molar-refractivity contribution >= 4 is 11.7 Å². The van der Waals surface area contributed by atoms with Gasteiger partial charge < -0.3 is 20.7 Å². The lowest BCUT2D eigenvalue weighted by Gasteiger charge is -2.32. The summed E-state index contributed by atoms with van der Waals surface area (Å²) in [6.07, 6.45) is 3.26. The van der Waals surface area contributed by atoms with Crippen LogP contribution < -0.4 is 16.0 Å². The molecule has 0 spiro atoms. The molecule has 0 saturated carbocycles. The molecule has 1 amide bonds. The van der Waals surface area contributed by atoms with Crippen molar-refractivity contribution in [1.82, 2.24) is 10.3 Å². The molecule has 116 valence electrons. The van der Waals surface area contributed by atoms with Crippen LogP contribution in [0, 0.1) is 0 Å². The molecule has 21 heavy (non-hydrogen) atoms. The molecule has 1 aliphatic heterocycles. The van der Waals surface area contributed by atoms with Crippen molar-refractivity contribution in [3.63, 3.8) is 0 Å². The molecule has 0 radical (unpaired) electrons. The molecule has 0 aliphatic carbocycles. The van der Waals surface area contributed by atoms with Gasteiger partial charge in [-0.15, -0.1) is 0 Å². The summed E-state index contributed by atoms with van der Waals surface area (Å²) in [6, 6.07) is 4.01. The van der Waals surface area contributed by atoms with E-state index in [4.69, 9.17) is 10.5 Å². The summed E-state index contributed by atoms with van der Waals surface area (Å²) in [6.45, 7) is 5.59. The van der Waals surface area contributed by atoms with Crippen LogP contribution in [0.4, 0.5) is 5.82 Å². The highest BCUT2D eigenvalue weighted by Crippen LogP contribution is 2.15. The van der Waals surface area contributed by atoms with Crippen LogP contribution in [0.3, 0.4) is 0 Å². The number of rotatable bonds is 6. The quantitative estimate of drug-likeness (QED) is 0.805. The maximum Gasteiger partial charge on any atom is 0.220 e. The molecule has 1 aromatic heterocycles. The SMILES string of the molecule is CC1CN(c2ccc(CNC(=O)CCCN)cn2)CCO1. The zero-order chi connectivity index (χ0) is 15.1. The third kappa shape index (κ3) is 4.99. The second-order valence-corrected chi connectivity index (χ2v) is 5.32. The lowest BCUT2D eigenvalue weighted by atomic mass is 10.2. The van der Waals surface area contributed by atoms with Crippen molar-refractivity contribution in [2.75, 3.05) is 31.1 Å². The second kappa shape index (κ2) is 7.95. The van der Waals surface area contributed by atoms with Crippen molar-refractivity contribution < 1.29 is 9.53 Å². The van der Waals surface area contributed by atoms with Crippen molar-refractivity contribution in [3.8, 4) is 0 Å². The number of morpholine rings is 1. The van der Waals surface area contributed by atoms with E-state index in [-0.39, 0.29) is 12.0 Å². The van der Waals surface area contributed by atoms with E-state index in [9.17, 15) is 4.79 Å². The van der Waals surface area contributed by atoms with Gasteiger partial charge in [0.25, 0.3) is 0 Å². The van der Waals surface area contributed by atoms with Gasteiger partial charge in [-0.25, -0.2) is 4.98 Å². The van der Waals surface area contributed by atoms with E-state index in [1.807, 2.05) is 18.3 Å². The number of carbonyl (C=O) groups excluding carboxylic acids is 1. The molecule has 2 heterocycles. The topological polar surface area (TPSA) is 80.5 Å². The average Bonchev–Trinajstić information content (AvgIpc) is 2.51. The molecular weight excluding hydrogens is 268 g/mol. The molecule has 1 aromatic rings. The third-order valence-electron chi connectivity index (χ3n) is 3.47. The van der Waals surface area contributed by atoms with Gasteiger partial charge in [-0.1, -0.05) is 6.07 Å². The first-order valence-corrected chi connectivity index (χ1v) is 7.47. The first-order chi connectivity index (χ1) is 10.2. The molecule has 6 heteroatoms. The summed E-state index contributed by atoms with van der Waals surface area (Å²) in [5.41, 5.74) is 6.38. The Morgan fingerprint density at radius 3 is 3.10 bits per heavy atom. The molecule has 3 N–H and O–H groups in total. The summed E-state index contributed by atoms with van der Waals surface area (Å²) in [5, 5.41) is 2.87. The maximum atomic E-state index is 11.5. The Morgan fingerprint density at radius 2 is 2.43 bits per heavy atom. The predicted molar refractivity (Wildman–Crippen MR) is 82.0 cm³/mol. The van der Waals surface area contributed by atoms with E-state index in [1.54, 1.807) is 0 Å². The predicted octanol–water partition coefficient (Wildman–Crippen LogP) is 0.662. The van der Waals surface area contributed by atoms with Crippen LogP contribution in [0.1, 0.15) is 25.3 Å². The van der Waals surface area contributed by atoms with Gasteiger partial charge in [0.05, 0.1) is 12.7 Å². The molecule has 1 fully saturated rings. The molecule has 0 bridgehead atoms. The number of nitrogens with one attached hydrogen (secondary N) is 1. The van der Waals surface area contributed by atoms with Crippen LogP contribution in [0.15, 0.2) is 18.3 Å². The van der Waals surface area contributed by atoms with Gasteiger partial charge in [-0.2, -0.15) is 0 Å². The van der Waals surface area contributed by atoms with E-state index in [0.717, 1.165) is 37.5 Å². The van der Waals surface area contributed by atoms with Gasteiger partial charge in [-0.3, -0.25) is 4.79 Å². The van der Waals surface area contributed by atoms with Crippen LogP contribution >= 0.6 is 0 Å². The Morgan fingerprint density at radius 1 is 1.57 bits per heavy atom. The zero-order valence-corrected chi connectivity index (χ0v) is 12.5. The van der Waals surface area contributed by atoms with Crippen molar-refractivity contribution in [2.45, 2.75) is 32.4 Å². The number of anilines is 1. The molecule has 2 rings (SSSR count). The average molecular weight is 292 g/mol. The molecule has 0 aromatic carbocycles. The zero-order valence-electron chi connectivity index (χ0n) is 12.5. The molecule has 1 saturated heterocycles. The Hall–Kier alpha value is -1.66. The number of hydrogen-bond donors (Lipinski definition) is 2. The second-order valence-electron chi connectivity index (χ2n) is 5.32. The van der Waals surface area contributed by atoms with Gasteiger partial charge in [0, 0.05) is 32.3 Å². The van der Waals surface area contributed by atoms with Gasteiger partial charge in [0.1, 0.15) is 5.82 Å². The first kappa shape index (κ1) is 15.7. The largest absolute Gasteiger partial charge is 0.375 e. The minimum absolute atomic E-state index is 0.0338. The fraction of sp³-hybridized carbons (Fsp3) is 0.600. The Labute approximate surface area is 125 Å². The number of carbonyl (C=O) groups is 1. The smallest absolute Gasteiger partial charge is 0.220 e. The highest BCUT2D eigenvalue weighted by Gasteiger charge is 2.17. The van der Waals surface area contributed by atoms with E-state index < -0.39 is 0 Å². The Balaban J connectivity index is 1.83. The van der Waals surface area contributed by atoms with Crippen molar-refractivity contribution in [1.29, 1.82) is 0 Å². The first-order valence-electron chi connectivity index (χ1n) is 7.47. The molecular formula is C15H24N4O2. The number of nitrogens with two attached hydrogens (primary N) is 1. The van der Waals surface area contributed by atoms with Crippen molar-refractivity contribution in [2.24, 2.45) is 5.73 Å². The minimum atomic E-state index is 0.0338. The summed E-state index contributed by atoms with van der Waals surface area (Å²) < 4.78 is 5.52. The summed E-state index contributed by atoms with van der Waals surface area (Å²) in [5.74, 6) is 0.995. The van der Waals surface area contributed by atoms with Crippen LogP contribution in [-0.4, -0.2) is 43.2 Å². The third-order valence-corrected chi connectivity index (χ3v) is 3.47. The fourth-order valence-corrected chi connectivity index (χ4v) is 2.29. The number of hydrogen-bond acceptors (Lipinski definition) is 5. The van der Waals surface area contributed by atoms with Crippen LogP contribution in [-0.2, 0) is 16.1 Å². The van der Waals surface area contributed by atoms with Crippen LogP contribution in [0.25, 0.3) is 0 Å². The minimum Gasteiger partial charge on any atom is -0.375 e. The number of amides is 1. The Kier molecular flexibility index (Phi) is 5.95.